The second-order valence-corrected chi connectivity index (χ2v) is 6.69. The second-order valence-electron chi connectivity index (χ2n) is 6.69. The molecule has 0 bridgehead atoms. The highest BCUT2D eigenvalue weighted by Crippen LogP contribution is 2.38. The summed E-state index contributed by atoms with van der Waals surface area (Å²) in [5.41, 5.74) is 2.46. The fourth-order valence-corrected chi connectivity index (χ4v) is 3.44. The molecule has 1 amide bonds. The van der Waals surface area contributed by atoms with Crippen molar-refractivity contribution in [2.75, 3.05) is 0 Å². The van der Waals surface area contributed by atoms with Gasteiger partial charge in [-0.05, 0) is 38.2 Å². The summed E-state index contributed by atoms with van der Waals surface area (Å²) in [5, 5.41) is 3.48. The molecule has 1 aromatic rings. The molecule has 0 aromatic heterocycles. The molecule has 0 radical (unpaired) electrons. The van der Waals surface area contributed by atoms with Gasteiger partial charge in [-0.1, -0.05) is 49.6 Å². The molecule has 2 aliphatic rings. The highest BCUT2D eigenvalue weighted by Gasteiger charge is 2.42. The van der Waals surface area contributed by atoms with Crippen LogP contribution in [0.1, 0.15) is 56.8 Å². The third-order valence-corrected chi connectivity index (χ3v) is 4.84. The van der Waals surface area contributed by atoms with Crippen LogP contribution in [0.4, 0.5) is 0 Å². The van der Waals surface area contributed by atoms with E-state index in [-0.39, 0.29) is 18.1 Å². The monoisotopic (exact) mass is 286 g/mol. The summed E-state index contributed by atoms with van der Waals surface area (Å²) >= 11 is 0. The quantitative estimate of drug-likeness (QED) is 0.900. The predicted octanol–water partition coefficient (Wildman–Crippen LogP) is 3.39. The molecular formula is C18H26N2O. The van der Waals surface area contributed by atoms with Crippen molar-refractivity contribution in [2.24, 2.45) is 5.92 Å². The summed E-state index contributed by atoms with van der Waals surface area (Å²) in [4.78, 5) is 14.8. The summed E-state index contributed by atoms with van der Waals surface area (Å²) in [6.45, 7) is 6.29. The molecule has 3 unspecified atom stereocenters. The Bertz CT molecular complexity index is 524. The Morgan fingerprint density at radius 3 is 2.76 bits per heavy atom. The summed E-state index contributed by atoms with van der Waals surface area (Å²) < 4.78 is 0. The number of rotatable bonds is 5. The molecular weight excluding hydrogens is 260 g/mol. The van der Waals surface area contributed by atoms with Crippen LogP contribution in [0.25, 0.3) is 0 Å². The Morgan fingerprint density at radius 1 is 1.38 bits per heavy atom. The topological polar surface area (TPSA) is 32.3 Å². The summed E-state index contributed by atoms with van der Waals surface area (Å²) in [6, 6.07) is 8.80. The Hall–Kier alpha value is -1.35. The van der Waals surface area contributed by atoms with Crippen molar-refractivity contribution in [2.45, 2.75) is 64.7 Å². The Labute approximate surface area is 127 Å². The zero-order chi connectivity index (χ0) is 15.0. The van der Waals surface area contributed by atoms with Crippen LogP contribution in [0.15, 0.2) is 24.3 Å². The molecule has 1 N–H and O–H groups in total. The highest BCUT2D eigenvalue weighted by molar-refractivity contribution is 5.84. The normalized spacial score (nSPS) is 27.2. The number of hydrogen-bond acceptors (Lipinski definition) is 2. The van der Waals surface area contributed by atoms with Crippen molar-refractivity contribution >= 4 is 5.91 Å². The zero-order valence-corrected chi connectivity index (χ0v) is 13.3. The summed E-state index contributed by atoms with van der Waals surface area (Å²) in [5.74, 6) is 1.10. The molecule has 2 fully saturated rings. The highest BCUT2D eigenvalue weighted by atomic mass is 16.2. The van der Waals surface area contributed by atoms with Crippen molar-refractivity contribution in [1.82, 2.24) is 10.2 Å². The van der Waals surface area contributed by atoms with Crippen molar-refractivity contribution in [3.8, 4) is 0 Å². The van der Waals surface area contributed by atoms with Crippen molar-refractivity contribution < 1.29 is 4.79 Å². The van der Waals surface area contributed by atoms with Crippen molar-refractivity contribution in [3.63, 3.8) is 0 Å². The van der Waals surface area contributed by atoms with E-state index in [1.807, 2.05) is 6.92 Å². The first-order chi connectivity index (χ1) is 10.1. The van der Waals surface area contributed by atoms with Crippen LogP contribution < -0.4 is 5.32 Å². The van der Waals surface area contributed by atoms with E-state index in [0.717, 1.165) is 12.3 Å². The number of carbonyl (C=O) groups is 1. The average molecular weight is 286 g/mol. The van der Waals surface area contributed by atoms with E-state index in [1.165, 1.54) is 30.4 Å². The zero-order valence-electron chi connectivity index (χ0n) is 13.3. The van der Waals surface area contributed by atoms with Gasteiger partial charge in [0.15, 0.2) is 0 Å². The molecule has 1 saturated carbocycles. The van der Waals surface area contributed by atoms with Crippen LogP contribution in [0.2, 0.25) is 0 Å². The van der Waals surface area contributed by atoms with Gasteiger partial charge in [0, 0.05) is 6.04 Å². The molecule has 0 spiro atoms. The van der Waals surface area contributed by atoms with Gasteiger partial charge in [0.1, 0.15) is 6.17 Å². The number of amides is 1. The third-order valence-electron chi connectivity index (χ3n) is 4.84. The Kier molecular flexibility index (Phi) is 4.03. The maximum atomic E-state index is 12.6. The lowest BCUT2D eigenvalue weighted by atomic mass is 10.0. The minimum absolute atomic E-state index is 0.0381. The fourth-order valence-electron chi connectivity index (χ4n) is 3.44. The molecule has 114 valence electrons. The van der Waals surface area contributed by atoms with Gasteiger partial charge in [-0.3, -0.25) is 10.1 Å². The minimum Gasteiger partial charge on any atom is -0.319 e. The molecule has 3 atom stereocenters. The van der Waals surface area contributed by atoms with Gasteiger partial charge in [-0.15, -0.1) is 0 Å². The number of hydrogen-bond donors (Lipinski definition) is 1. The molecule has 1 aliphatic carbocycles. The summed E-state index contributed by atoms with van der Waals surface area (Å²) in [7, 11) is 0. The van der Waals surface area contributed by atoms with Crippen LogP contribution >= 0.6 is 0 Å². The van der Waals surface area contributed by atoms with Gasteiger partial charge in [-0.25, -0.2) is 0 Å². The van der Waals surface area contributed by atoms with Crippen molar-refractivity contribution in [1.29, 1.82) is 0 Å². The van der Waals surface area contributed by atoms with Gasteiger partial charge < -0.3 is 4.90 Å². The van der Waals surface area contributed by atoms with Gasteiger partial charge in [0.05, 0.1) is 6.04 Å². The van der Waals surface area contributed by atoms with Crippen LogP contribution in [0.3, 0.4) is 0 Å². The molecule has 3 rings (SSSR count). The lowest BCUT2D eigenvalue weighted by Gasteiger charge is -2.33. The number of aryl methyl sites for hydroxylation is 1. The first kappa shape index (κ1) is 14.6. The van der Waals surface area contributed by atoms with E-state index in [1.54, 1.807) is 0 Å². The first-order valence-corrected chi connectivity index (χ1v) is 8.25. The lowest BCUT2D eigenvalue weighted by Crippen LogP contribution is -2.40. The fraction of sp³-hybridized carbons (Fsp3) is 0.611. The summed E-state index contributed by atoms with van der Waals surface area (Å²) in [6.07, 6.45) is 4.93. The first-order valence-electron chi connectivity index (χ1n) is 8.25. The largest absolute Gasteiger partial charge is 0.319 e. The second kappa shape index (κ2) is 5.80. The SMILES string of the molecule is CCC(CC1CC1)N1C(=O)C(C)NC1c1cccc(C)c1. The Morgan fingerprint density at radius 2 is 2.14 bits per heavy atom. The molecule has 1 aliphatic heterocycles. The third kappa shape index (κ3) is 2.98. The molecule has 1 saturated heterocycles. The maximum absolute atomic E-state index is 12.6. The van der Waals surface area contributed by atoms with E-state index in [0.29, 0.717) is 6.04 Å². The molecule has 1 aromatic carbocycles. The van der Waals surface area contributed by atoms with Gasteiger partial charge in [0.2, 0.25) is 5.91 Å². The predicted molar refractivity (Wildman–Crippen MR) is 84.8 cm³/mol. The van der Waals surface area contributed by atoms with Crippen LogP contribution in [-0.2, 0) is 4.79 Å². The maximum Gasteiger partial charge on any atom is 0.241 e. The minimum atomic E-state index is -0.0798. The van der Waals surface area contributed by atoms with Gasteiger partial charge in [0.25, 0.3) is 0 Å². The van der Waals surface area contributed by atoms with Gasteiger partial charge >= 0.3 is 0 Å². The van der Waals surface area contributed by atoms with E-state index in [2.05, 4.69) is 48.3 Å². The number of nitrogens with one attached hydrogen (secondary N) is 1. The molecule has 21 heavy (non-hydrogen) atoms. The van der Waals surface area contributed by atoms with E-state index >= 15 is 0 Å². The van der Waals surface area contributed by atoms with Crippen molar-refractivity contribution in [3.05, 3.63) is 35.4 Å². The van der Waals surface area contributed by atoms with Crippen LogP contribution in [0, 0.1) is 12.8 Å². The number of nitrogens with zero attached hydrogens (tertiary/aromatic N) is 1. The Balaban J connectivity index is 1.87. The number of benzene rings is 1. The number of carbonyl (C=O) groups excluding carboxylic acids is 1. The standard InChI is InChI=1S/C18H26N2O/c1-4-16(11-14-8-9-14)20-17(19-13(3)18(20)21)15-7-5-6-12(2)10-15/h5-7,10,13-14,16-17,19H,4,8-9,11H2,1-3H3. The lowest BCUT2D eigenvalue weighted by molar-refractivity contribution is -0.132. The smallest absolute Gasteiger partial charge is 0.241 e. The van der Waals surface area contributed by atoms with E-state index in [9.17, 15) is 4.79 Å². The molecule has 3 nitrogen and oxygen atoms in total. The molecule has 1 heterocycles. The van der Waals surface area contributed by atoms with Crippen LogP contribution in [0.5, 0.6) is 0 Å². The van der Waals surface area contributed by atoms with Gasteiger partial charge in [-0.2, -0.15) is 0 Å². The average Bonchev–Trinajstić information content (AvgIpc) is 3.24. The van der Waals surface area contributed by atoms with Crippen LogP contribution in [-0.4, -0.2) is 22.9 Å². The molecule has 3 heteroatoms. The van der Waals surface area contributed by atoms with E-state index in [4.69, 9.17) is 0 Å². The van der Waals surface area contributed by atoms with E-state index < -0.39 is 0 Å².